The minimum absolute atomic E-state index is 0.159. The number of hydrogen-bond donors (Lipinski definition) is 1. The Morgan fingerprint density at radius 2 is 1.92 bits per heavy atom. The molecule has 0 fully saturated rings. The maximum absolute atomic E-state index is 11.0. The van der Waals surface area contributed by atoms with Gasteiger partial charge in [0, 0.05) is 13.0 Å². The predicted molar refractivity (Wildman–Crippen MR) is 47.9 cm³/mol. The van der Waals surface area contributed by atoms with E-state index in [1.807, 2.05) is 6.92 Å². The molecule has 3 heteroatoms. The van der Waals surface area contributed by atoms with Crippen molar-refractivity contribution in [3.8, 4) is 0 Å². The first-order valence-electron chi connectivity index (χ1n) is 4.71. The number of hydrogen-bond acceptors (Lipinski definition) is 2. The molecule has 0 spiro atoms. The number of carbonyl (C=O) groups excluding carboxylic acids is 1. The highest BCUT2D eigenvalue weighted by Gasteiger charge is 2.07. The topological polar surface area (TPSA) is 40.5 Å². The van der Waals surface area contributed by atoms with Gasteiger partial charge in [0.05, 0.1) is 0 Å². The van der Waals surface area contributed by atoms with Crippen LogP contribution >= 0.6 is 0 Å². The van der Waals surface area contributed by atoms with Crippen LogP contribution in [0.1, 0.15) is 46.0 Å². The van der Waals surface area contributed by atoms with Crippen molar-refractivity contribution >= 4 is 5.91 Å². The van der Waals surface area contributed by atoms with E-state index in [1.165, 1.54) is 0 Å². The molecule has 0 rings (SSSR count). The van der Waals surface area contributed by atoms with E-state index in [4.69, 9.17) is 5.21 Å². The van der Waals surface area contributed by atoms with Gasteiger partial charge < -0.3 is 0 Å². The zero-order chi connectivity index (χ0) is 9.40. The molecule has 0 aliphatic carbocycles. The quantitative estimate of drug-likeness (QED) is 0.380. The molecule has 3 nitrogen and oxygen atoms in total. The van der Waals surface area contributed by atoms with Crippen LogP contribution in [-0.2, 0) is 4.79 Å². The highest BCUT2D eigenvalue weighted by Crippen LogP contribution is 1.99. The molecule has 12 heavy (non-hydrogen) atoms. The fourth-order valence-corrected chi connectivity index (χ4v) is 0.979. The van der Waals surface area contributed by atoms with Gasteiger partial charge in [-0.2, -0.15) is 0 Å². The Kier molecular flexibility index (Phi) is 6.76. The van der Waals surface area contributed by atoms with Crippen molar-refractivity contribution < 1.29 is 10.0 Å². The van der Waals surface area contributed by atoms with E-state index in [1.54, 1.807) is 0 Å². The van der Waals surface area contributed by atoms with Crippen molar-refractivity contribution in [3.05, 3.63) is 0 Å². The highest BCUT2D eigenvalue weighted by atomic mass is 16.5. The Labute approximate surface area is 74.3 Å². The van der Waals surface area contributed by atoms with Gasteiger partial charge in [-0.3, -0.25) is 10.0 Å². The summed E-state index contributed by atoms with van der Waals surface area (Å²) in [6.45, 7) is 4.50. The Morgan fingerprint density at radius 3 is 2.42 bits per heavy atom. The van der Waals surface area contributed by atoms with Crippen LogP contribution in [0.2, 0.25) is 0 Å². The summed E-state index contributed by atoms with van der Waals surface area (Å²) >= 11 is 0. The van der Waals surface area contributed by atoms with E-state index in [2.05, 4.69) is 6.92 Å². The normalized spacial score (nSPS) is 9.92. The van der Waals surface area contributed by atoms with Crippen LogP contribution in [0.5, 0.6) is 0 Å². The van der Waals surface area contributed by atoms with Crippen LogP contribution in [0.4, 0.5) is 0 Å². The molecule has 0 saturated heterocycles. The number of nitrogens with zero attached hydrogens (tertiary/aromatic N) is 1. The van der Waals surface area contributed by atoms with E-state index in [-0.39, 0.29) is 5.91 Å². The summed E-state index contributed by atoms with van der Waals surface area (Å²) in [6, 6.07) is 0. The summed E-state index contributed by atoms with van der Waals surface area (Å²) in [6.07, 6.45) is 4.31. The number of rotatable bonds is 6. The highest BCUT2D eigenvalue weighted by molar-refractivity contribution is 5.74. The second kappa shape index (κ2) is 7.10. The smallest absolute Gasteiger partial charge is 0.245 e. The van der Waals surface area contributed by atoms with Gasteiger partial charge in [-0.1, -0.05) is 26.7 Å². The molecule has 0 saturated carbocycles. The molecule has 72 valence electrons. The van der Waals surface area contributed by atoms with E-state index >= 15 is 0 Å². The van der Waals surface area contributed by atoms with Gasteiger partial charge in [-0.05, 0) is 12.8 Å². The second-order valence-electron chi connectivity index (χ2n) is 2.97. The van der Waals surface area contributed by atoms with E-state index in [0.717, 1.165) is 30.7 Å². The lowest BCUT2D eigenvalue weighted by molar-refractivity contribution is -0.165. The zero-order valence-corrected chi connectivity index (χ0v) is 8.05. The molecule has 0 aliphatic heterocycles. The lowest BCUT2D eigenvalue weighted by atomic mass is 10.2. The van der Waals surface area contributed by atoms with Crippen molar-refractivity contribution in [3.63, 3.8) is 0 Å². The Morgan fingerprint density at radius 1 is 1.25 bits per heavy atom. The van der Waals surface area contributed by atoms with Crippen molar-refractivity contribution in [2.45, 2.75) is 46.0 Å². The third-order valence-corrected chi connectivity index (χ3v) is 1.73. The van der Waals surface area contributed by atoms with Crippen molar-refractivity contribution in [2.24, 2.45) is 0 Å². The van der Waals surface area contributed by atoms with Crippen LogP contribution in [0, 0.1) is 0 Å². The van der Waals surface area contributed by atoms with Crippen molar-refractivity contribution in [1.29, 1.82) is 0 Å². The molecular formula is C9H19NO2. The number of hydroxylamine groups is 2. The fourth-order valence-electron chi connectivity index (χ4n) is 0.979. The van der Waals surface area contributed by atoms with Gasteiger partial charge in [0.25, 0.3) is 0 Å². The summed E-state index contributed by atoms with van der Waals surface area (Å²) in [5.41, 5.74) is 0. The van der Waals surface area contributed by atoms with Gasteiger partial charge in [0.15, 0.2) is 0 Å². The van der Waals surface area contributed by atoms with Crippen LogP contribution in [0.25, 0.3) is 0 Å². The number of carbonyl (C=O) groups is 1. The lowest BCUT2D eigenvalue weighted by Gasteiger charge is -2.13. The third-order valence-electron chi connectivity index (χ3n) is 1.73. The Bertz CT molecular complexity index is 126. The fraction of sp³-hybridized carbons (Fsp3) is 0.889. The molecular weight excluding hydrogens is 154 g/mol. The first kappa shape index (κ1) is 11.4. The molecule has 0 unspecified atom stereocenters. The monoisotopic (exact) mass is 173 g/mol. The molecule has 1 N–H and O–H groups in total. The molecule has 0 aromatic carbocycles. The summed E-state index contributed by atoms with van der Waals surface area (Å²) in [5, 5.41) is 10.0. The van der Waals surface area contributed by atoms with Crippen LogP contribution < -0.4 is 0 Å². The van der Waals surface area contributed by atoms with Gasteiger partial charge in [-0.25, -0.2) is 5.06 Å². The number of amides is 1. The summed E-state index contributed by atoms with van der Waals surface area (Å²) in [4.78, 5) is 11.0. The van der Waals surface area contributed by atoms with Crippen LogP contribution in [0.3, 0.4) is 0 Å². The maximum atomic E-state index is 11.0. The molecule has 0 heterocycles. The van der Waals surface area contributed by atoms with Crippen LogP contribution in [0.15, 0.2) is 0 Å². The van der Waals surface area contributed by atoms with Crippen LogP contribution in [-0.4, -0.2) is 22.7 Å². The van der Waals surface area contributed by atoms with E-state index in [9.17, 15) is 4.79 Å². The predicted octanol–water partition coefficient (Wildman–Crippen LogP) is 2.19. The zero-order valence-electron chi connectivity index (χ0n) is 8.05. The van der Waals surface area contributed by atoms with E-state index < -0.39 is 0 Å². The van der Waals surface area contributed by atoms with Crippen molar-refractivity contribution in [1.82, 2.24) is 5.06 Å². The first-order chi connectivity index (χ1) is 5.72. The van der Waals surface area contributed by atoms with Gasteiger partial charge in [-0.15, -0.1) is 0 Å². The molecule has 0 aliphatic rings. The third kappa shape index (κ3) is 5.13. The van der Waals surface area contributed by atoms with Crippen molar-refractivity contribution in [2.75, 3.05) is 6.54 Å². The lowest BCUT2D eigenvalue weighted by Crippen LogP contribution is -2.27. The molecule has 0 atom stereocenters. The minimum Gasteiger partial charge on any atom is -0.286 e. The molecule has 0 bridgehead atoms. The summed E-state index contributed by atoms with van der Waals surface area (Å²) in [5.74, 6) is -0.159. The molecule has 0 aromatic rings. The summed E-state index contributed by atoms with van der Waals surface area (Å²) < 4.78 is 0. The van der Waals surface area contributed by atoms with Gasteiger partial charge >= 0.3 is 0 Å². The molecule has 0 aromatic heterocycles. The molecule has 0 radical (unpaired) electrons. The SMILES string of the molecule is CCCCCN(O)C(=O)CCC. The second-order valence-corrected chi connectivity index (χ2v) is 2.97. The van der Waals surface area contributed by atoms with Gasteiger partial charge in [0.2, 0.25) is 5.91 Å². The number of unbranched alkanes of at least 4 members (excludes halogenated alkanes) is 2. The average Bonchev–Trinajstić information content (AvgIpc) is 2.05. The summed E-state index contributed by atoms with van der Waals surface area (Å²) in [7, 11) is 0. The first-order valence-corrected chi connectivity index (χ1v) is 4.71. The Balaban J connectivity index is 3.42. The largest absolute Gasteiger partial charge is 0.286 e. The molecule has 1 amide bonds. The Hall–Kier alpha value is -0.570. The van der Waals surface area contributed by atoms with Gasteiger partial charge in [0.1, 0.15) is 0 Å². The average molecular weight is 173 g/mol. The minimum atomic E-state index is -0.159. The standard InChI is InChI=1S/C9H19NO2/c1-3-5-6-8-10(12)9(11)7-4-2/h12H,3-8H2,1-2H3. The maximum Gasteiger partial charge on any atom is 0.245 e. The van der Waals surface area contributed by atoms with E-state index in [0.29, 0.717) is 13.0 Å².